The average molecular weight is 255 g/mol. The Balaban J connectivity index is 4.08. The van der Waals surface area contributed by atoms with Gasteiger partial charge >= 0.3 is 0 Å². The van der Waals surface area contributed by atoms with Gasteiger partial charge in [-0.25, -0.2) is 0 Å². The van der Waals surface area contributed by atoms with Gasteiger partial charge in [-0.15, -0.1) is 0 Å². The average Bonchev–Trinajstić information content (AvgIpc) is 2.29. The molecule has 0 aromatic carbocycles. The number of hydrogen-bond donors (Lipinski definition) is 1. The molecule has 0 saturated heterocycles. The molecule has 1 heteroatoms. The maximum absolute atomic E-state index is 6.24. The van der Waals surface area contributed by atoms with Crippen molar-refractivity contribution in [1.82, 2.24) is 0 Å². The summed E-state index contributed by atoms with van der Waals surface area (Å²) in [6.45, 7) is 11.5. The third-order valence-electron chi connectivity index (χ3n) is 4.57. The molecular formula is C17H37N. The molecule has 0 aromatic heterocycles. The molecule has 0 rings (SSSR count). The first-order valence-electron chi connectivity index (χ1n) is 8.18. The van der Waals surface area contributed by atoms with E-state index >= 15 is 0 Å². The van der Waals surface area contributed by atoms with Crippen LogP contribution < -0.4 is 5.73 Å². The van der Waals surface area contributed by atoms with Gasteiger partial charge in [0, 0.05) is 5.54 Å². The van der Waals surface area contributed by atoms with Crippen molar-refractivity contribution < 1.29 is 0 Å². The summed E-state index contributed by atoms with van der Waals surface area (Å²) in [6.07, 6.45) is 13.1. The molecule has 0 radical (unpaired) electrons. The van der Waals surface area contributed by atoms with Crippen molar-refractivity contribution in [2.24, 2.45) is 11.1 Å². The number of hydrogen-bond acceptors (Lipinski definition) is 1. The number of nitrogens with two attached hydrogens (primary N) is 1. The summed E-state index contributed by atoms with van der Waals surface area (Å²) in [6, 6.07) is 0. The smallest absolute Gasteiger partial charge is 0.0123 e. The van der Waals surface area contributed by atoms with E-state index in [1.165, 1.54) is 57.8 Å². The van der Waals surface area contributed by atoms with Gasteiger partial charge in [0.15, 0.2) is 0 Å². The standard InChI is InChI=1S/C17H37N/c1-6-9-10-13-16(4,12-7-2)14-11-15-17(5,18)8-3/h6-15,18H2,1-5H3. The Kier molecular flexibility index (Phi) is 8.94. The molecule has 18 heavy (non-hydrogen) atoms. The van der Waals surface area contributed by atoms with E-state index in [0.29, 0.717) is 5.41 Å². The van der Waals surface area contributed by atoms with Crippen LogP contribution in [0, 0.1) is 5.41 Å². The second kappa shape index (κ2) is 8.96. The molecule has 110 valence electrons. The zero-order chi connectivity index (χ0) is 14.1. The van der Waals surface area contributed by atoms with Crippen LogP contribution in [-0.4, -0.2) is 5.54 Å². The highest BCUT2D eigenvalue weighted by atomic mass is 14.7. The van der Waals surface area contributed by atoms with E-state index in [4.69, 9.17) is 5.73 Å². The van der Waals surface area contributed by atoms with Crippen molar-refractivity contribution in [1.29, 1.82) is 0 Å². The molecule has 0 aromatic rings. The third kappa shape index (κ3) is 8.13. The van der Waals surface area contributed by atoms with Gasteiger partial charge < -0.3 is 5.73 Å². The maximum atomic E-state index is 6.24. The first-order chi connectivity index (χ1) is 8.39. The van der Waals surface area contributed by atoms with E-state index in [1.54, 1.807) is 0 Å². The van der Waals surface area contributed by atoms with E-state index in [9.17, 15) is 0 Å². The lowest BCUT2D eigenvalue weighted by Gasteiger charge is -2.31. The predicted molar refractivity (Wildman–Crippen MR) is 83.9 cm³/mol. The summed E-state index contributed by atoms with van der Waals surface area (Å²) in [7, 11) is 0. The van der Waals surface area contributed by atoms with Crippen molar-refractivity contribution in [3.8, 4) is 0 Å². The van der Waals surface area contributed by atoms with Crippen molar-refractivity contribution in [3.05, 3.63) is 0 Å². The number of rotatable bonds is 11. The monoisotopic (exact) mass is 255 g/mol. The SMILES string of the molecule is CCCCCC(C)(CCC)CCCC(C)(N)CC. The Labute approximate surface area is 116 Å². The van der Waals surface area contributed by atoms with Gasteiger partial charge in [0.05, 0.1) is 0 Å². The molecule has 0 aliphatic carbocycles. The van der Waals surface area contributed by atoms with Gasteiger partial charge in [0.2, 0.25) is 0 Å². The molecule has 0 amide bonds. The Hall–Kier alpha value is -0.0400. The number of unbranched alkanes of at least 4 members (excludes halogenated alkanes) is 2. The van der Waals surface area contributed by atoms with Gasteiger partial charge in [-0.1, -0.05) is 59.8 Å². The fraction of sp³-hybridized carbons (Fsp3) is 1.00. The fourth-order valence-corrected chi connectivity index (χ4v) is 2.88. The normalized spacial score (nSPS) is 18.3. The molecular weight excluding hydrogens is 218 g/mol. The van der Waals surface area contributed by atoms with Gasteiger partial charge in [0.25, 0.3) is 0 Å². The van der Waals surface area contributed by atoms with Crippen LogP contribution in [0.2, 0.25) is 0 Å². The van der Waals surface area contributed by atoms with E-state index in [-0.39, 0.29) is 5.54 Å². The Morgan fingerprint density at radius 3 is 1.83 bits per heavy atom. The highest BCUT2D eigenvalue weighted by molar-refractivity contribution is 4.80. The van der Waals surface area contributed by atoms with Gasteiger partial charge in [-0.2, -0.15) is 0 Å². The maximum Gasteiger partial charge on any atom is 0.0123 e. The van der Waals surface area contributed by atoms with Crippen LogP contribution in [0.1, 0.15) is 98.8 Å². The molecule has 0 aliphatic rings. The molecule has 0 heterocycles. The first-order valence-corrected chi connectivity index (χ1v) is 8.18. The Bertz CT molecular complexity index is 198. The summed E-state index contributed by atoms with van der Waals surface area (Å²) in [5.74, 6) is 0. The minimum atomic E-state index is 0.0521. The molecule has 2 atom stereocenters. The summed E-state index contributed by atoms with van der Waals surface area (Å²) in [5.41, 5.74) is 6.86. The summed E-state index contributed by atoms with van der Waals surface area (Å²) < 4.78 is 0. The fourth-order valence-electron chi connectivity index (χ4n) is 2.88. The molecule has 0 saturated carbocycles. The summed E-state index contributed by atoms with van der Waals surface area (Å²) in [5, 5.41) is 0. The summed E-state index contributed by atoms with van der Waals surface area (Å²) >= 11 is 0. The Morgan fingerprint density at radius 1 is 0.722 bits per heavy atom. The highest BCUT2D eigenvalue weighted by Crippen LogP contribution is 2.36. The zero-order valence-corrected chi connectivity index (χ0v) is 13.6. The molecule has 2 unspecified atom stereocenters. The van der Waals surface area contributed by atoms with Crippen LogP contribution in [0.15, 0.2) is 0 Å². The lowest BCUT2D eigenvalue weighted by Crippen LogP contribution is -2.35. The van der Waals surface area contributed by atoms with Crippen molar-refractivity contribution in [3.63, 3.8) is 0 Å². The van der Waals surface area contributed by atoms with Crippen LogP contribution in [0.3, 0.4) is 0 Å². The molecule has 0 spiro atoms. The van der Waals surface area contributed by atoms with Crippen molar-refractivity contribution in [2.45, 2.75) is 104 Å². The van der Waals surface area contributed by atoms with E-state index in [0.717, 1.165) is 6.42 Å². The second-order valence-corrected chi connectivity index (χ2v) is 6.88. The lowest BCUT2D eigenvalue weighted by atomic mass is 9.75. The predicted octanol–water partition coefficient (Wildman–Crippen LogP) is 5.67. The third-order valence-corrected chi connectivity index (χ3v) is 4.57. The van der Waals surface area contributed by atoms with Gasteiger partial charge in [-0.3, -0.25) is 0 Å². The first kappa shape index (κ1) is 18.0. The van der Waals surface area contributed by atoms with E-state index < -0.39 is 0 Å². The largest absolute Gasteiger partial charge is 0.325 e. The van der Waals surface area contributed by atoms with Crippen LogP contribution in [0.25, 0.3) is 0 Å². The molecule has 1 nitrogen and oxygen atoms in total. The van der Waals surface area contributed by atoms with Gasteiger partial charge in [0.1, 0.15) is 0 Å². The quantitative estimate of drug-likeness (QED) is 0.473. The van der Waals surface area contributed by atoms with Crippen LogP contribution in [0.5, 0.6) is 0 Å². The lowest BCUT2D eigenvalue weighted by molar-refractivity contribution is 0.221. The topological polar surface area (TPSA) is 26.0 Å². The van der Waals surface area contributed by atoms with Gasteiger partial charge in [-0.05, 0) is 44.4 Å². The van der Waals surface area contributed by atoms with Crippen LogP contribution >= 0.6 is 0 Å². The molecule has 0 aliphatic heterocycles. The second-order valence-electron chi connectivity index (χ2n) is 6.88. The van der Waals surface area contributed by atoms with Crippen molar-refractivity contribution in [2.75, 3.05) is 0 Å². The van der Waals surface area contributed by atoms with Crippen LogP contribution in [0.4, 0.5) is 0 Å². The summed E-state index contributed by atoms with van der Waals surface area (Å²) in [4.78, 5) is 0. The van der Waals surface area contributed by atoms with Crippen LogP contribution in [-0.2, 0) is 0 Å². The minimum absolute atomic E-state index is 0.0521. The molecule has 0 fully saturated rings. The molecule has 0 bridgehead atoms. The minimum Gasteiger partial charge on any atom is -0.325 e. The molecule has 2 N–H and O–H groups in total. The van der Waals surface area contributed by atoms with E-state index in [2.05, 4.69) is 34.6 Å². The van der Waals surface area contributed by atoms with E-state index in [1.807, 2.05) is 0 Å². The van der Waals surface area contributed by atoms with Crippen molar-refractivity contribution >= 4 is 0 Å². The highest BCUT2D eigenvalue weighted by Gasteiger charge is 2.24. The Morgan fingerprint density at radius 2 is 1.33 bits per heavy atom. The zero-order valence-electron chi connectivity index (χ0n) is 13.6.